The van der Waals surface area contributed by atoms with Crippen LogP contribution in [-0.2, 0) is 14.3 Å². The molecule has 1 aliphatic heterocycles. The van der Waals surface area contributed by atoms with Crippen molar-refractivity contribution in [2.24, 2.45) is 0 Å². The summed E-state index contributed by atoms with van der Waals surface area (Å²) in [6, 6.07) is 8.61. The summed E-state index contributed by atoms with van der Waals surface area (Å²) in [5.74, 6) is -0.574. The van der Waals surface area contributed by atoms with Gasteiger partial charge in [0.1, 0.15) is 12.1 Å². The van der Waals surface area contributed by atoms with Gasteiger partial charge in [0.05, 0.1) is 7.11 Å². The fourth-order valence-electron chi connectivity index (χ4n) is 2.43. The summed E-state index contributed by atoms with van der Waals surface area (Å²) in [7, 11) is 1.34. The summed E-state index contributed by atoms with van der Waals surface area (Å²) < 4.78 is 4.76. The van der Waals surface area contributed by atoms with Crippen molar-refractivity contribution in [1.82, 2.24) is 5.32 Å². The lowest BCUT2D eigenvalue weighted by Crippen LogP contribution is -2.48. The molecule has 1 aromatic carbocycles. The molecule has 1 aliphatic rings. The molecule has 5 nitrogen and oxygen atoms in total. The second-order valence-electron chi connectivity index (χ2n) is 5.27. The Bertz CT molecular complexity index is 528. The number of esters is 1. The van der Waals surface area contributed by atoms with E-state index in [-0.39, 0.29) is 11.9 Å². The van der Waals surface area contributed by atoms with E-state index >= 15 is 0 Å². The van der Waals surface area contributed by atoms with Gasteiger partial charge in [-0.3, -0.25) is 4.79 Å². The Morgan fingerprint density at radius 1 is 1.18 bits per heavy atom. The number of hydrogen-bond donors (Lipinski definition) is 2. The number of ether oxygens (including phenoxy) is 1. The molecule has 0 fully saturated rings. The summed E-state index contributed by atoms with van der Waals surface area (Å²) >= 11 is 0. The highest BCUT2D eigenvalue weighted by atomic mass is 16.5. The number of hydrogen-bond acceptors (Lipinski definition) is 4. The highest BCUT2D eigenvalue weighted by Crippen LogP contribution is 2.13. The molecule has 118 valence electrons. The molecule has 22 heavy (non-hydrogen) atoms. The van der Waals surface area contributed by atoms with Crippen molar-refractivity contribution in [2.75, 3.05) is 12.4 Å². The van der Waals surface area contributed by atoms with Crippen molar-refractivity contribution in [3.63, 3.8) is 0 Å². The van der Waals surface area contributed by atoms with Crippen LogP contribution in [0.1, 0.15) is 25.7 Å². The third kappa shape index (κ3) is 4.62. The number of anilines is 1. The number of amides is 1. The van der Waals surface area contributed by atoms with Gasteiger partial charge in [0.2, 0.25) is 5.91 Å². The van der Waals surface area contributed by atoms with E-state index in [2.05, 4.69) is 16.7 Å². The van der Waals surface area contributed by atoms with Gasteiger partial charge < -0.3 is 15.4 Å². The van der Waals surface area contributed by atoms with Crippen molar-refractivity contribution < 1.29 is 14.3 Å². The normalized spacial score (nSPS) is 24.0. The van der Waals surface area contributed by atoms with Crippen LogP contribution in [-0.4, -0.2) is 31.1 Å². The molecule has 2 N–H and O–H groups in total. The van der Waals surface area contributed by atoms with Crippen LogP contribution in [0.5, 0.6) is 0 Å². The molecule has 0 aliphatic carbocycles. The number of carbonyl (C=O) groups excluding carboxylic acids is 2. The van der Waals surface area contributed by atoms with E-state index in [1.807, 2.05) is 36.4 Å². The number of rotatable bonds is 3. The SMILES string of the molecule is COC(=O)C1CC/C=C\CCC(Nc2ccccc2)C(=O)N1. The van der Waals surface area contributed by atoms with Gasteiger partial charge >= 0.3 is 5.97 Å². The minimum absolute atomic E-state index is 0.172. The van der Waals surface area contributed by atoms with Crippen molar-refractivity contribution in [1.29, 1.82) is 0 Å². The van der Waals surface area contributed by atoms with E-state index in [9.17, 15) is 9.59 Å². The van der Waals surface area contributed by atoms with Gasteiger partial charge in [-0.25, -0.2) is 4.79 Å². The zero-order chi connectivity index (χ0) is 15.8. The van der Waals surface area contributed by atoms with Crippen LogP contribution in [0.25, 0.3) is 0 Å². The van der Waals surface area contributed by atoms with Gasteiger partial charge in [0.15, 0.2) is 0 Å². The third-order valence-electron chi connectivity index (χ3n) is 3.64. The molecule has 0 bridgehead atoms. The largest absolute Gasteiger partial charge is 0.467 e. The van der Waals surface area contributed by atoms with Crippen LogP contribution in [0.4, 0.5) is 5.69 Å². The maximum Gasteiger partial charge on any atom is 0.328 e. The van der Waals surface area contributed by atoms with Crippen LogP contribution in [0, 0.1) is 0 Å². The number of para-hydroxylation sites is 1. The Morgan fingerprint density at radius 2 is 1.86 bits per heavy atom. The monoisotopic (exact) mass is 302 g/mol. The smallest absolute Gasteiger partial charge is 0.328 e. The molecule has 0 spiro atoms. The van der Waals surface area contributed by atoms with Crippen LogP contribution >= 0.6 is 0 Å². The Morgan fingerprint density at radius 3 is 2.55 bits per heavy atom. The maximum atomic E-state index is 12.5. The number of benzene rings is 1. The minimum Gasteiger partial charge on any atom is -0.467 e. The molecular formula is C17H22N2O3. The van der Waals surface area contributed by atoms with Crippen molar-refractivity contribution >= 4 is 17.6 Å². The van der Waals surface area contributed by atoms with Gasteiger partial charge in [-0.1, -0.05) is 30.4 Å². The molecule has 0 aromatic heterocycles. The van der Waals surface area contributed by atoms with Crippen molar-refractivity contribution in [2.45, 2.75) is 37.8 Å². The summed E-state index contributed by atoms with van der Waals surface area (Å²) in [6.07, 6.45) is 6.90. The zero-order valence-electron chi connectivity index (χ0n) is 12.7. The van der Waals surface area contributed by atoms with E-state index in [0.29, 0.717) is 12.8 Å². The average molecular weight is 302 g/mol. The standard InChI is InChI=1S/C17H22N2O3/c1-22-17(21)15-12-8-3-2-7-11-14(16(20)19-15)18-13-9-5-4-6-10-13/h2-6,9-10,14-15,18H,7-8,11-12H2,1H3,(H,19,20)/b3-2-. The molecule has 1 aromatic rings. The van der Waals surface area contributed by atoms with E-state index in [4.69, 9.17) is 4.74 Å². The summed E-state index contributed by atoms with van der Waals surface area (Å²) in [5, 5.41) is 6.02. The molecule has 2 rings (SSSR count). The highest BCUT2D eigenvalue weighted by molar-refractivity contribution is 5.89. The lowest BCUT2D eigenvalue weighted by molar-refractivity contribution is -0.145. The number of methoxy groups -OCH3 is 1. The second-order valence-corrected chi connectivity index (χ2v) is 5.27. The molecule has 0 saturated carbocycles. The number of nitrogens with one attached hydrogen (secondary N) is 2. The molecule has 2 atom stereocenters. The second kappa shape index (κ2) is 8.22. The first-order valence-corrected chi connectivity index (χ1v) is 7.55. The zero-order valence-corrected chi connectivity index (χ0v) is 12.7. The van der Waals surface area contributed by atoms with Crippen LogP contribution in [0.15, 0.2) is 42.5 Å². The van der Waals surface area contributed by atoms with Gasteiger partial charge in [0.25, 0.3) is 0 Å². The summed E-state index contributed by atoms with van der Waals surface area (Å²) in [4.78, 5) is 24.2. The molecule has 5 heteroatoms. The van der Waals surface area contributed by atoms with Gasteiger partial charge in [-0.05, 0) is 37.8 Å². The Hall–Kier alpha value is -2.30. The number of carbonyl (C=O) groups is 2. The lowest BCUT2D eigenvalue weighted by atomic mass is 10.0. The Balaban J connectivity index is 2.10. The number of allylic oxidation sites excluding steroid dienone is 2. The molecule has 1 amide bonds. The van der Waals surface area contributed by atoms with Gasteiger partial charge in [-0.15, -0.1) is 0 Å². The Kier molecular flexibility index (Phi) is 6.01. The first-order chi connectivity index (χ1) is 10.7. The molecule has 2 unspecified atom stereocenters. The van der Waals surface area contributed by atoms with Crippen LogP contribution in [0.3, 0.4) is 0 Å². The Labute approximate surface area is 130 Å². The van der Waals surface area contributed by atoms with Crippen LogP contribution in [0.2, 0.25) is 0 Å². The molecule has 0 saturated heterocycles. The highest BCUT2D eigenvalue weighted by Gasteiger charge is 2.25. The fourth-order valence-corrected chi connectivity index (χ4v) is 2.43. The van der Waals surface area contributed by atoms with Gasteiger partial charge in [0, 0.05) is 5.69 Å². The van der Waals surface area contributed by atoms with E-state index in [1.54, 1.807) is 0 Å². The third-order valence-corrected chi connectivity index (χ3v) is 3.64. The quantitative estimate of drug-likeness (QED) is 0.664. The predicted molar refractivity (Wildman–Crippen MR) is 85.4 cm³/mol. The van der Waals surface area contributed by atoms with E-state index in [0.717, 1.165) is 18.5 Å². The fraction of sp³-hybridized carbons (Fsp3) is 0.412. The van der Waals surface area contributed by atoms with E-state index in [1.165, 1.54) is 7.11 Å². The topological polar surface area (TPSA) is 67.4 Å². The predicted octanol–water partition coefficient (Wildman–Crippen LogP) is 2.26. The van der Waals surface area contributed by atoms with Crippen molar-refractivity contribution in [3.05, 3.63) is 42.5 Å². The first-order valence-electron chi connectivity index (χ1n) is 7.55. The lowest BCUT2D eigenvalue weighted by Gasteiger charge is -2.23. The molecular weight excluding hydrogens is 280 g/mol. The summed E-state index contributed by atoms with van der Waals surface area (Å²) in [6.45, 7) is 0. The summed E-state index contributed by atoms with van der Waals surface area (Å²) in [5.41, 5.74) is 0.887. The maximum absolute atomic E-state index is 12.5. The molecule has 1 heterocycles. The van der Waals surface area contributed by atoms with Crippen molar-refractivity contribution in [3.8, 4) is 0 Å². The van der Waals surface area contributed by atoms with Gasteiger partial charge in [-0.2, -0.15) is 0 Å². The van der Waals surface area contributed by atoms with E-state index < -0.39 is 12.0 Å². The minimum atomic E-state index is -0.597. The molecule has 0 radical (unpaired) electrons. The first kappa shape index (κ1) is 16.1. The van der Waals surface area contributed by atoms with Crippen LogP contribution < -0.4 is 10.6 Å². The average Bonchev–Trinajstić information content (AvgIpc) is 2.55.